The van der Waals surface area contributed by atoms with Crippen LogP contribution in [0.1, 0.15) is 18.4 Å². The normalized spacial score (nSPS) is 15.1. The molecular weight excluding hydrogens is 262 g/mol. The van der Waals surface area contributed by atoms with Crippen LogP contribution in [-0.2, 0) is 16.4 Å². The summed E-state index contributed by atoms with van der Waals surface area (Å²) in [6.45, 7) is 1.04. The first kappa shape index (κ1) is 14.0. The van der Waals surface area contributed by atoms with Crippen molar-refractivity contribution in [1.29, 1.82) is 5.26 Å². The Kier molecular flexibility index (Phi) is 4.53. The maximum absolute atomic E-state index is 12.0. The number of nitrogens with one attached hydrogen (secondary N) is 2. The standard InChI is InChI=1S/C13H17N3O2S/c14-8-7-11-1-5-13(6-2-11)19(17,18)16-10-9-15-12-3-4-12/h1-2,5-6,12,15-16H,3-4,7,9-10H2. The summed E-state index contributed by atoms with van der Waals surface area (Å²) in [5.74, 6) is 0. The maximum atomic E-state index is 12.0. The lowest BCUT2D eigenvalue weighted by atomic mass is 10.2. The summed E-state index contributed by atoms with van der Waals surface area (Å²) in [5, 5.41) is 11.8. The number of nitriles is 1. The molecule has 1 saturated carbocycles. The fourth-order valence-electron chi connectivity index (χ4n) is 1.71. The highest BCUT2D eigenvalue weighted by atomic mass is 32.2. The van der Waals surface area contributed by atoms with Crippen molar-refractivity contribution in [2.45, 2.75) is 30.2 Å². The molecule has 0 amide bonds. The highest BCUT2D eigenvalue weighted by Crippen LogP contribution is 2.17. The minimum Gasteiger partial charge on any atom is -0.313 e. The SMILES string of the molecule is N#CCc1ccc(S(=O)(=O)NCCNC2CC2)cc1. The molecule has 1 fully saturated rings. The zero-order chi connectivity index (χ0) is 13.7. The molecular formula is C13H17N3O2S. The van der Waals surface area contributed by atoms with Crippen LogP contribution in [0.15, 0.2) is 29.2 Å². The number of sulfonamides is 1. The number of benzene rings is 1. The first-order valence-electron chi connectivity index (χ1n) is 6.31. The second-order valence-electron chi connectivity index (χ2n) is 4.61. The molecule has 5 nitrogen and oxygen atoms in total. The molecule has 0 heterocycles. The summed E-state index contributed by atoms with van der Waals surface area (Å²) in [6.07, 6.45) is 2.67. The predicted molar refractivity (Wildman–Crippen MR) is 72.0 cm³/mol. The summed E-state index contributed by atoms with van der Waals surface area (Å²) in [7, 11) is -3.44. The monoisotopic (exact) mass is 279 g/mol. The summed E-state index contributed by atoms with van der Waals surface area (Å²) >= 11 is 0. The highest BCUT2D eigenvalue weighted by Gasteiger charge is 2.20. The van der Waals surface area contributed by atoms with E-state index < -0.39 is 10.0 Å². The topological polar surface area (TPSA) is 82.0 Å². The summed E-state index contributed by atoms with van der Waals surface area (Å²) in [4.78, 5) is 0.237. The Bertz CT molecular complexity index is 557. The Balaban J connectivity index is 1.88. The van der Waals surface area contributed by atoms with Gasteiger partial charge in [0.15, 0.2) is 0 Å². The second kappa shape index (κ2) is 6.15. The Labute approximate surface area is 113 Å². The minimum absolute atomic E-state index is 0.237. The van der Waals surface area contributed by atoms with E-state index in [1.54, 1.807) is 12.1 Å². The Morgan fingerprint density at radius 1 is 1.21 bits per heavy atom. The van der Waals surface area contributed by atoms with Gasteiger partial charge in [0.1, 0.15) is 0 Å². The molecule has 1 aromatic rings. The van der Waals surface area contributed by atoms with E-state index in [4.69, 9.17) is 5.26 Å². The summed E-state index contributed by atoms with van der Waals surface area (Å²) in [6, 6.07) is 9.00. The minimum atomic E-state index is -3.44. The van der Waals surface area contributed by atoms with Crippen molar-refractivity contribution in [1.82, 2.24) is 10.0 Å². The molecule has 1 aliphatic carbocycles. The van der Waals surface area contributed by atoms with Gasteiger partial charge in [-0.15, -0.1) is 0 Å². The van der Waals surface area contributed by atoms with E-state index in [2.05, 4.69) is 10.0 Å². The predicted octanol–water partition coefficient (Wildman–Crippen LogP) is 0.783. The number of hydrogen-bond donors (Lipinski definition) is 2. The third kappa shape index (κ3) is 4.31. The van der Waals surface area contributed by atoms with Crippen molar-refractivity contribution in [3.05, 3.63) is 29.8 Å². The van der Waals surface area contributed by atoms with Gasteiger partial charge in [-0.3, -0.25) is 0 Å². The maximum Gasteiger partial charge on any atom is 0.240 e. The molecule has 102 valence electrons. The van der Waals surface area contributed by atoms with Crippen LogP contribution in [-0.4, -0.2) is 27.5 Å². The largest absolute Gasteiger partial charge is 0.313 e. The molecule has 0 spiro atoms. The van der Waals surface area contributed by atoms with Crippen molar-refractivity contribution in [2.75, 3.05) is 13.1 Å². The lowest BCUT2D eigenvalue weighted by Gasteiger charge is -2.07. The molecule has 1 aliphatic rings. The number of nitrogens with zero attached hydrogens (tertiary/aromatic N) is 1. The Hall–Kier alpha value is -1.42. The average molecular weight is 279 g/mol. The average Bonchev–Trinajstić information content (AvgIpc) is 3.20. The highest BCUT2D eigenvalue weighted by molar-refractivity contribution is 7.89. The molecule has 19 heavy (non-hydrogen) atoms. The molecule has 0 radical (unpaired) electrons. The van der Waals surface area contributed by atoms with Crippen LogP contribution in [0.4, 0.5) is 0 Å². The first-order valence-corrected chi connectivity index (χ1v) is 7.79. The van der Waals surface area contributed by atoms with Crippen molar-refractivity contribution in [3.8, 4) is 6.07 Å². The quantitative estimate of drug-likeness (QED) is 0.723. The van der Waals surface area contributed by atoms with Gasteiger partial charge in [0.25, 0.3) is 0 Å². The summed E-state index contributed by atoms with van der Waals surface area (Å²) < 4.78 is 26.5. The molecule has 0 unspecified atom stereocenters. The van der Waals surface area contributed by atoms with Gasteiger partial charge >= 0.3 is 0 Å². The van der Waals surface area contributed by atoms with E-state index in [0.29, 0.717) is 25.6 Å². The third-order valence-electron chi connectivity index (χ3n) is 2.94. The van der Waals surface area contributed by atoms with E-state index in [1.807, 2.05) is 6.07 Å². The van der Waals surface area contributed by atoms with Crippen molar-refractivity contribution in [3.63, 3.8) is 0 Å². The number of hydrogen-bond acceptors (Lipinski definition) is 4. The fourth-order valence-corrected chi connectivity index (χ4v) is 2.74. The van der Waals surface area contributed by atoms with Crippen molar-refractivity contribution < 1.29 is 8.42 Å². The molecule has 6 heteroatoms. The van der Waals surface area contributed by atoms with E-state index >= 15 is 0 Å². The molecule has 0 atom stereocenters. The van der Waals surface area contributed by atoms with Gasteiger partial charge in [-0.25, -0.2) is 13.1 Å². The van der Waals surface area contributed by atoms with Gasteiger partial charge in [-0.1, -0.05) is 12.1 Å². The van der Waals surface area contributed by atoms with Gasteiger partial charge in [-0.05, 0) is 30.5 Å². The van der Waals surface area contributed by atoms with Crippen LogP contribution >= 0.6 is 0 Å². The Morgan fingerprint density at radius 3 is 2.47 bits per heavy atom. The van der Waals surface area contributed by atoms with E-state index in [0.717, 1.165) is 5.56 Å². The van der Waals surface area contributed by atoms with Crippen LogP contribution in [0.25, 0.3) is 0 Å². The van der Waals surface area contributed by atoms with Crippen LogP contribution in [0.2, 0.25) is 0 Å². The van der Waals surface area contributed by atoms with Gasteiger partial charge in [-0.2, -0.15) is 5.26 Å². The van der Waals surface area contributed by atoms with Crippen LogP contribution in [0.5, 0.6) is 0 Å². The summed E-state index contributed by atoms with van der Waals surface area (Å²) in [5.41, 5.74) is 0.817. The Morgan fingerprint density at radius 2 is 1.89 bits per heavy atom. The molecule has 0 bridgehead atoms. The van der Waals surface area contributed by atoms with Crippen LogP contribution in [0.3, 0.4) is 0 Å². The van der Waals surface area contributed by atoms with Gasteiger partial charge in [0.2, 0.25) is 10.0 Å². The van der Waals surface area contributed by atoms with Gasteiger partial charge in [0.05, 0.1) is 17.4 Å². The van der Waals surface area contributed by atoms with Crippen molar-refractivity contribution in [2.24, 2.45) is 0 Å². The smallest absolute Gasteiger partial charge is 0.240 e. The molecule has 0 aromatic heterocycles. The molecule has 1 aromatic carbocycles. The van der Waals surface area contributed by atoms with Crippen LogP contribution in [0, 0.1) is 11.3 Å². The molecule has 2 N–H and O–H groups in total. The molecule has 0 saturated heterocycles. The van der Waals surface area contributed by atoms with Gasteiger partial charge in [0, 0.05) is 19.1 Å². The molecule has 0 aliphatic heterocycles. The van der Waals surface area contributed by atoms with Crippen LogP contribution < -0.4 is 10.0 Å². The second-order valence-corrected chi connectivity index (χ2v) is 6.37. The van der Waals surface area contributed by atoms with Crippen molar-refractivity contribution >= 4 is 10.0 Å². The lowest BCUT2D eigenvalue weighted by molar-refractivity contribution is 0.575. The van der Waals surface area contributed by atoms with E-state index in [9.17, 15) is 8.42 Å². The lowest BCUT2D eigenvalue weighted by Crippen LogP contribution is -2.32. The fraction of sp³-hybridized carbons (Fsp3) is 0.462. The zero-order valence-corrected chi connectivity index (χ0v) is 11.4. The van der Waals surface area contributed by atoms with E-state index in [-0.39, 0.29) is 4.90 Å². The zero-order valence-electron chi connectivity index (χ0n) is 10.6. The van der Waals surface area contributed by atoms with E-state index in [1.165, 1.54) is 25.0 Å². The van der Waals surface area contributed by atoms with Gasteiger partial charge < -0.3 is 5.32 Å². The molecule has 2 rings (SSSR count). The third-order valence-corrected chi connectivity index (χ3v) is 4.42. The first-order chi connectivity index (χ1) is 9.12. The number of rotatable bonds is 7.